The summed E-state index contributed by atoms with van der Waals surface area (Å²) in [5.74, 6) is 0.930. The Balaban J connectivity index is 1.97. The fourth-order valence-corrected chi connectivity index (χ4v) is 2.55. The molecule has 0 N–H and O–H groups in total. The maximum Gasteiger partial charge on any atom is 0.160 e. The topological polar surface area (TPSA) is 12.5 Å². The lowest BCUT2D eigenvalue weighted by Crippen LogP contribution is -2.38. The van der Waals surface area contributed by atoms with E-state index in [0.717, 1.165) is 17.0 Å². The number of para-hydroxylation sites is 1. The van der Waals surface area contributed by atoms with Crippen LogP contribution in [-0.2, 0) is 4.84 Å². The molecule has 21 heavy (non-hydrogen) atoms. The van der Waals surface area contributed by atoms with Crippen LogP contribution in [-0.4, -0.2) is 6.04 Å². The van der Waals surface area contributed by atoms with E-state index in [1.807, 2.05) is 41.5 Å². The molecule has 0 fully saturated rings. The van der Waals surface area contributed by atoms with Crippen molar-refractivity contribution in [2.24, 2.45) is 5.41 Å². The van der Waals surface area contributed by atoms with E-state index in [1.165, 1.54) is 0 Å². The van der Waals surface area contributed by atoms with Crippen LogP contribution in [0.4, 0.5) is 5.69 Å². The fourth-order valence-electron chi connectivity index (χ4n) is 2.55. The molecule has 1 aliphatic rings. The number of anilines is 1. The van der Waals surface area contributed by atoms with Crippen molar-refractivity contribution < 1.29 is 4.84 Å². The molecule has 2 nitrogen and oxygen atoms in total. The lowest BCUT2D eigenvalue weighted by atomic mass is 9.86. The second-order valence-electron chi connectivity index (χ2n) is 6.46. The number of benzene rings is 2. The average Bonchev–Trinajstić information content (AvgIpc) is 2.94. The predicted octanol–water partition coefficient (Wildman–Crippen LogP) is 4.89. The maximum absolute atomic E-state index is 6.17. The van der Waals surface area contributed by atoms with Crippen molar-refractivity contribution in [3.05, 3.63) is 72.3 Å². The van der Waals surface area contributed by atoms with Gasteiger partial charge in [-0.05, 0) is 23.6 Å². The molecule has 0 amide bonds. The van der Waals surface area contributed by atoms with Gasteiger partial charge in [-0.2, -0.15) is 0 Å². The molecular weight excluding hydrogens is 258 g/mol. The number of hydrogen-bond donors (Lipinski definition) is 0. The van der Waals surface area contributed by atoms with Gasteiger partial charge in [-0.1, -0.05) is 69.3 Å². The highest BCUT2D eigenvalue weighted by Crippen LogP contribution is 2.38. The van der Waals surface area contributed by atoms with Crippen molar-refractivity contribution in [1.29, 1.82) is 0 Å². The van der Waals surface area contributed by atoms with Gasteiger partial charge in [0, 0.05) is 5.56 Å². The third-order valence-electron chi connectivity index (χ3n) is 3.71. The number of nitrogens with zero attached hydrogens (tertiary/aromatic N) is 1. The monoisotopic (exact) mass is 279 g/mol. The second kappa shape index (κ2) is 5.28. The summed E-state index contributed by atoms with van der Waals surface area (Å²) in [6, 6.07) is 20.7. The van der Waals surface area contributed by atoms with E-state index in [4.69, 9.17) is 4.84 Å². The van der Waals surface area contributed by atoms with Crippen LogP contribution >= 0.6 is 0 Å². The molecular formula is C19H21NO. The first-order valence-corrected chi connectivity index (χ1v) is 7.35. The molecule has 0 aliphatic carbocycles. The summed E-state index contributed by atoms with van der Waals surface area (Å²) < 4.78 is 0. The van der Waals surface area contributed by atoms with Crippen LogP contribution in [0.2, 0.25) is 0 Å². The van der Waals surface area contributed by atoms with Crippen molar-refractivity contribution in [2.75, 3.05) is 5.06 Å². The normalized spacial score (nSPS) is 18.3. The Morgan fingerprint density at radius 1 is 0.857 bits per heavy atom. The molecule has 3 rings (SSSR count). The summed E-state index contributed by atoms with van der Waals surface area (Å²) in [5.41, 5.74) is 2.29. The Morgan fingerprint density at radius 3 is 2.00 bits per heavy atom. The van der Waals surface area contributed by atoms with Crippen LogP contribution in [0.1, 0.15) is 26.3 Å². The first-order valence-electron chi connectivity index (χ1n) is 7.35. The molecule has 108 valence electrons. The van der Waals surface area contributed by atoms with Crippen molar-refractivity contribution in [2.45, 2.75) is 26.8 Å². The van der Waals surface area contributed by atoms with Crippen molar-refractivity contribution in [1.82, 2.24) is 0 Å². The summed E-state index contributed by atoms with van der Waals surface area (Å²) in [4.78, 5) is 6.17. The summed E-state index contributed by atoms with van der Waals surface area (Å²) in [5, 5.41) is 2.02. The molecule has 2 heteroatoms. The largest absolute Gasteiger partial charge is 0.379 e. The summed E-state index contributed by atoms with van der Waals surface area (Å²) in [6.07, 6.45) is 2.22. The van der Waals surface area contributed by atoms with Gasteiger partial charge in [-0.25, -0.2) is 5.06 Å². The minimum absolute atomic E-state index is 0.0897. The van der Waals surface area contributed by atoms with E-state index in [-0.39, 0.29) is 11.5 Å². The van der Waals surface area contributed by atoms with Gasteiger partial charge in [0.15, 0.2) is 5.76 Å². The second-order valence-corrected chi connectivity index (χ2v) is 6.46. The zero-order valence-corrected chi connectivity index (χ0v) is 12.8. The smallest absolute Gasteiger partial charge is 0.160 e. The Kier molecular flexibility index (Phi) is 3.46. The van der Waals surface area contributed by atoms with Crippen LogP contribution in [0, 0.1) is 5.41 Å². The SMILES string of the molecule is CC(C)(C)C1C=C(c2ccccc2)ON1c1ccccc1. The Morgan fingerprint density at radius 2 is 1.43 bits per heavy atom. The van der Waals surface area contributed by atoms with Crippen LogP contribution < -0.4 is 5.06 Å². The number of hydrogen-bond acceptors (Lipinski definition) is 2. The Hall–Kier alpha value is -2.22. The molecule has 1 heterocycles. The van der Waals surface area contributed by atoms with Crippen LogP contribution in [0.25, 0.3) is 5.76 Å². The molecule has 0 radical (unpaired) electrons. The van der Waals surface area contributed by atoms with Gasteiger partial charge in [0.25, 0.3) is 0 Å². The lowest BCUT2D eigenvalue weighted by Gasteiger charge is -2.33. The van der Waals surface area contributed by atoms with Gasteiger partial charge in [0.1, 0.15) is 0 Å². The van der Waals surface area contributed by atoms with Gasteiger partial charge in [-0.3, -0.25) is 0 Å². The molecule has 1 aliphatic heterocycles. The Bertz CT molecular complexity index is 626. The maximum atomic E-state index is 6.17. The predicted molar refractivity (Wildman–Crippen MR) is 87.7 cm³/mol. The highest BCUT2D eigenvalue weighted by molar-refractivity contribution is 5.66. The van der Waals surface area contributed by atoms with Gasteiger partial charge >= 0.3 is 0 Å². The number of hydroxylamine groups is 1. The van der Waals surface area contributed by atoms with Crippen LogP contribution in [0.15, 0.2) is 66.7 Å². The molecule has 1 unspecified atom stereocenters. The Labute approximate surface area is 126 Å². The molecule has 0 saturated heterocycles. The van der Waals surface area contributed by atoms with Crippen molar-refractivity contribution in [3.63, 3.8) is 0 Å². The molecule has 0 aromatic heterocycles. The third kappa shape index (κ3) is 2.80. The average molecular weight is 279 g/mol. The quantitative estimate of drug-likeness (QED) is 0.775. The number of rotatable bonds is 2. The van der Waals surface area contributed by atoms with Gasteiger partial charge in [0.2, 0.25) is 0 Å². The lowest BCUT2D eigenvalue weighted by molar-refractivity contribution is 0.194. The van der Waals surface area contributed by atoms with Crippen molar-refractivity contribution >= 4 is 11.4 Å². The summed E-state index contributed by atoms with van der Waals surface area (Å²) in [6.45, 7) is 6.71. The van der Waals surface area contributed by atoms with E-state index in [9.17, 15) is 0 Å². The van der Waals surface area contributed by atoms with E-state index in [2.05, 4.69) is 51.1 Å². The molecule has 0 spiro atoms. The molecule has 0 bridgehead atoms. The van der Waals surface area contributed by atoms with Gasteiger partial charge in [-0.15, -0.1) is 0 Å². The molecule has 0 saturated carbocycles. The van der Waals surface area contributed by atoms with E-state index in [0.29, 0.717) is 0 Å². The van der Waals surface area contributed by atoms with Gasteiger partial charge in [0.05, 0.1) is 11.7 Å². The summed E-state index contributed by atoms with van der Waals surface area (Å²) >= 11 is 0. The van der Waals surface area contributed by atoms with E-state index >= 15 is 0 Å². The van der Waals surface area contributed by atoms with Crippen molar-refractivity contribution in [3.8, 4) is 0 Å². The van der Waals surface area contributed by atoms with Gasteiger partial charge < -0.3 is 4.84 Å². The molecule has 1 atom stereocenters. The minimum Gasteiger partial charge on any atom is -0.379 e. The zero-order chi connectivity index (χ0) is 14.9. The first-order chi connectivity index (χ1) is 10.1. The minimum atomic E-state index is 0.0897. The fraction of sp³-hybridized carbons (Fsp3) is 0.263. The highest BCUT2D eigenvalue weighted by Gasteiger charge is 2.36. The van der Waals surface area contributed by atoms with E-state index in [1.54, 1.807) is 0 Å². The summed E-state index contributed by atoms with van der Waals surface area (Å²) in [7, 11) is 0. The van der Waals surface area contributed by atoms with Crippen LogP contribution in [0.5, 0.6) is 0 Å². The third-order valence-corrected chi connectivity index (χ3v) is 3.71. The highest BCUT2D eigenvalue weighted by atomic mass is 16.7. The first kappa shape index (κ1) is 13.7. The molecule has 2 aromatic carbocycles. The van der Waals surface area contributed by atoms with Crippen LogP contribution in [0.3, 0.4) is 0 Å². The molecule has 2 aromatic rings. The standard InChI is InChI=1S/C19H21NO/c1-19(2,3)18-14-17(15-10-6-4-7-11-15)21-20(18)16-12-8-5-9-13-16/h4-14,18H,1-3H3. The van der Waals surface area contributed by atoms with E-state index < -0.39 is 0 Å². The zero-order valence-electron chi connectivity index (χ0n) is 12.8.